The molecular weight excluding hydrogens is 366 g/mol. The van der Waals surface area contributed by atoms with Crippen molar-refractivity contribution in [1.29, 1.82) is 0 Å². The van der Waals surface area contributed by atoms with Crippen LogP contribution in [0.15, 0.2) is 48.7 Å². The van der Waals surface area contributed by atoms with E-state index in [2.05, 4.69) is 17.2 Å². The maximum Gasteiger partial charge on any atom is 0.226 e. The number of aromatic nitrogens is 1. The molecule has 0 saturated carbocycles. The Morgan fingerprint density at radius 1 is 1.28 bits per heavy atom. The second-order valence-corrected chi connectivity index (χ2v) is 7.45. The van der Waals surface area contributed by atoms with E-state index in [4.69, 9.17) is 4.74 Å². The highest BCUT2D eigenvalue weighted by Crippen LogP contribution is 2.39. The minimum absolute atomic E-state index is 0.0323. The normalized spacial score (nSPS) is 19.8. The Labute approximate surface area is 172 Å². The monoisotopic (exact) mass is 395 g/mol. The highest BCUT2D eigenvalue weighted by Gasteiger charge is 2.44. The van der Waals surface area contributed by atoms with Gasteiger partial charge in [0.1, 0.15) is 5.75 Å². The van der Waals surface area contributed by atoms with Crippen LogP contribution in [0.25, 0.3) is 0 Å². The van der Waals surface area contributed by atoms with Crippen LogP contribution in [0.4, 0.5) is 0 Å². The van der Waals surface area contributed by atoms with Gasteiger partial charge in [-0.2, -0.15) is 0 Å². The van der Waals surface area contributed by atoms with Crippen molar-refractivity contribution >= 4 is 11.8 Å². The summed E-state index contributed by atoms with van der Waals surface area (Å²) < 4.78 is 5.25. The molecule has 1 aromatic carbocycles. The Morgan fingerprint density at radius 3 is 2.66 bits per heavy atom. The predicted molar refractivity (Wildman–Crippen MR) is 111 cm³/mol. The summed E-state index contributed by atoms with van der Waals surface area (Å²) in [6.07, 6.45) is 3.84. The first-order valence-corrected chi connectivity index (χ1v) is 10.2. The average molecular weight is 396 g/mol. The summed E-state index contributed by atoms with van der Waals surface area (Å²) in [6.45, 7) is 4.67. The van der Waals surface area contributed by atoms with Crippen molar-refractivity contribution < 1.29 is 14.3 Å². The molecule has 6 heteroatoms. The highest BCUT2D eigenvalue weighted by atomic mass is 16.5. The fourth-order valence-corrected chi connectivity index (χ4v) is 3.86. The van der Waals surface area contributed by atoms with Crippen LogP contribution in [-0.2, 0) is 9.59 Å². The minimum Gasteiger partial charge on any atom is -0.497 e. The van der Waals surface area contributed by atoms with E-state index in [-0.39, 0.29) is 30.3 Å². The third-order valence-electron chi connectivity index (χ3n) is 5.47. The van der Waals surface area contributed by atoms with Crippen LogP contribution < -0.4 is 10.1 Å². The molecule has 1 N–H and O–H groups in total. The van der Waals surface area contributed by atoms with Crippen molar-refractivity contribution in [3.8, 4) is 5.75 Å². The van der Waals surface area contributed by atoms with Gasteiger partial charge in [-0.1, -0.05) is 31.5 Å². The molecule has 1 aromatic heterocycles. The van der Waals surface area contributed by atoms with E-state index in [0.717, 1.165) is 29.8 Å². The van der Waals surface area contributed by atoms with Gasteiger partial charge in [-0.25, -0.2) is 0 Å². The number of carbonyl (C=O) groups is 2. The molecule has 0 spiro atoms. The molecule has 1 fully saturated rings. The molecule has 0 unspecified atom stereocenters. The van der Waals surface area contributed by atoms with Crippen molar-refractivity contribution in [3.05, 3.63) is 59.9 Å². The standard InChI is InChI=1S/C23H29N3O3/c1-4-5-14-26-21(27)15-19(22(26)17-9-11-18(29-3)12-10-17)23(28)25-16(2)20-8-6-7-13-24-20/h6-13,16,19,22H,4-5,14-15H2,1-3H3,(H,25,28)/t16-,19+,22-/m0/s1. The molecule has 3 rings (SSSR count). The number of likely N-dealkylation sites (tertiary alicyclic amines) is 1. The summed E-state index contributed by atoms with van der Waals surface area (Å²) in [5.41, 5.74) is 1.76. The number of nitrogens with one attached hydrogen (secondary N) is 1. The number of pyridine rings is 1. The summed E-state index contributed by atoms with van der Waals surface area (Å²) in [7, 11) is 1.62. The van der Waals surface area contributed by atoms with E-state index in [1.54, 1.807) is 13.3 Å². The maximum atomic E-state index is 13.2. The zero-order valence-corrected chi connectivity index (χ0v) is 17.3. The van der Waals surface area contributed by atoms with Gasteiger partial charge in [0.05, 0.1) is 30.8 Å². The Hall–Kier alpha value is -2.89. The third-order valence-corrected chi connectivity index (χ3v) is 5.47. The molecule has 0 aliphatic carbocycles. The number of ether oxygens (including phenoxy) is 1. The quantitative estimate of drug-likeness (QED) is 0.740. The molecule has 2 heterocycles. The van der Waals surface area contributed by atoms with Crippen LogP contribution in [0.2, 0.25) is 0 Å². The van der Waals surface area contributed by atoms with Gasteiger partial charge in [0.2, 0.25) is 11.8 Å². The van der Waals surface area contributed by atoms with E-state index >= 15 is 0 Å². The van der Waals surface area contributed by atoms with E-state index < -0.39 is 5.92 Å². The van der Waals surface area contributed by atoms with Crippen LogP contribution >= 0.6 is 0 Å². The third kappa shape index (κ3) is 4.75. The largest absolute Gasteiger partial charge is 0.497 e. The van der Waals surface area contributed by atoms with E-state index in [1.165, 1.54) is 0 Å². The van der Waals surface area contributed by atoms with Gasteiger partial charge >= 0.3 is 0 Å². The molecule has 1 saturated heterocycles. The lowest BCUT2D eigenvalue weighted by Gasteiger charge is -2.29. The fourth-order valence-electron chi connectivity index (χ4n) is 3.86. The topological polar surface area (TPSA) is 71.5 Å². The maximum absolute atomic E-state index is 13.2. The number of hydrogen-bond acceptors (Lipinski definition) is 4. The lowest BCUT2D eigenvalue weighted by atomic mass is 9.92. The van der Waals surface area contributed by atoms with Crippen molar-refractivity contribution in [3.63, 3.8) is 0 Å². The Kier molecular flexibility index (Phi) is 6.86. The summed E-state index contributed by atoms with van der Waals surface area (Å²) >= 11 is 0. The number of nitrogens with zero attached hydrogens (tertiary/aromatic N) is 2. The highest BCUT2D eigenvalue weighted by molar-refractivity contribution is 5.90. The number of benzene rings is 1. The molecule has 3 atom stereocenters. The summed E-state index contributed by atoms with van der Waals surface area (Å²) in [5, 5.41) is 3.05. The summed E-state index contributed by atoms with van der Waals surface area (Å²) in [4.78, 5) is 32.1. The van der Waals surface area contributed by atoms with E-state index in [1.807, 2.05) is 54.3 Å². The van der Waals surface area contributed by atoms with Crippen LogP contribution in [0.3, 0.4) is 0 Å². The zero-order chi connectivity index (χ0) is 20.8. The Morgan fingerprint density at radius 2 is 2.03 bits per heavy atom. The predicted octanol–water partition coefficient (Wildman–Crippen LogP) is 3.66. The lowest BCUT2D eigenvalue weighted by molar-refractivity contribution is -0.129. The van der Waals surface area contributed by atoms with E-state index in [0.29, 0.717) is 6.54 Å². The number of unbranched alkanes of at least 4 members (excludes halogenated alkanes) is 1. The molecule has 0 bridgehead atoms. The summed E-state index contributed by atoms with van der Waals surface area (Å²) in [6, 6.07) is 12.8. The molecule has 6 nitrogen and oxygen atoms in total. The number of rotatable bonds is 8. The SMILES string of the molecule is CCCCN1C(=O)C[C@@H](C(=O)N[C@@H](C)c2ccccn2)[C@@H]1c1ccc(OC)cc1. The number of amides is 2. The molecular formula is C23H29N3O3. The van der Waals surface area contributed by atoms with Crippen molar-refractivity contribution in [2.75, 3.05) is 13.7 Å². The molecule has 2 amide bonds. The Balaban J connectivity index is 1.83. The second-order valence-electron chi connectivity index (χ2n) is 7.45. The van der Waals surface area contributed by atoms with Crippen molar-refractivity contribution in [2.24, 2.45) is 5.92 Å². The van der Waals surface area contributed by atoms with Crippen molar-refractivity contribution in [1.82, 2.24) is 15.2 Å². The first-order valence-electron chi connectivity index (χ1n) is 10.2. The van der Waals surface area contributed by atoms with Gasteiger partial charge in [0.15, 0.2) is 0 Å². The fraction of sp³-hybridized carbons (Fsp3) is 0.435. The van der Waals surface area contributed by atoms with Gasteiger partial charge in [-0.05, 0) is 43.2 Å². The van der Waals surface area contributed by atoms with Crippen LogP contribution in [-0.4, -0.2) is 35.4 Å². The first-order chi connectivity index (χ1) is 14.0. The zero-order valence-electron chi connectivity index (χ0n) is 17.3. The number of carbonyl (C=O) groups excluding carboxylic acids is 2. The molecule has 154 valence electrons. The number of hydrogen-bond donors (Lipinski definition) is 1. The lowest BCUT2D eigenvalue weighted by Crippen LogP contribution is -2.37. The molecule has 1 aliphatic heterocycles. The first kappa shape index (κ1) is 20.8. The molecule has 2 aromatic rings. The van der Waals surface area contributed by atoms with Gasteiger partial charge in [-0.3, -0.25) is 14.6 Å². The smallest absolute Gasteiger partial charge is 0.226 e. The van der Waals surface area contributed by atoms with Gasteiger partial charge in [-0.15, -0.1) is 0 Å². The van der Waals surface area contributed by atoms with E-state index in [9.17, 15) is 9.59 Å². The van der Waals surface area contributed by atoms with Crippen LogP contribution in [0.1, 0.15) is 56.5 Å². The van der Waals surface area contributed by atoms with Crippen LogP contribution in [0.5, 0.6) is 5.75 Å². The van der Waals surface area contributed by atoms with Gasteiger partial charge in [0.25, 0.3) is 0 Å². The average Bonchev–Trinajstić information content (AvgIpc) is 3.09. The number of methoxy groups -OCH3 is 1. The minimum atomic E-state index is -0.432. The molecule has 1 aliphatic rings. The molecule has 29 heavy (non-hydrogen) atoms. The van der Waals surface area contributed by atoms with Crippen molar-refractivity contribution in [2.45, 2.75) is 45.2 Å². The second kappa shape index (κ2) is 9.54. The summed E-state index contributed by atoms with van der Waals surface area (Å²) in [5.74, 6) is 0.239. The Bertz CT molecular complexity index is 823. The molecule has 0 radical (unpaired) electrons. The van der Waals surface area contributed by atoms with Gasteiger partial charge < -0.3 is 15.0 Å². The van der Waals surface area contributed by atoms with Gasteiger partial charge in [0, 0.05) is 19.2 Å². The van der Waals surface area contributed by atoms with Crippen LogP contribution in [0, 0.1) is 5.92 Å².